The first kappa shape index (κ1) is 8.13. The van der Waals surface area contributed by atoms with E-state index in [1.165, 1.54) is 6.20 Å². The van der Waals surface area contributed by atoms with Gasteiger partial charge in [0.25, 0.3) is 0 Å². The van der Waals surface area contributed by atoms with Crippen molar-refractivity contribution in [2.45, 2.75) is 12.5 Å². The summed E-state index contributed by atoms with van der Waals surface area (Å²) in [5.74, 6) is -0.245. The van der Waals surface area contributed by atoms with Gasteiger partial charge >= 0.3 is 0 Å². The highest BCUT2D eigenvalue weighted by Gasteiger charge is 2.40. The highest BCUT2D eigenvalue weighted by molar-refractivity contribution is 9.10. The Morgan fingerprint density at radius 1 is 1.75 bits per heavy atom. The molecule has 4 heteroatoms. The third kappa shape index (κ3) is 1.25. The van der Waals surface area contributed by atoms with Crippen LogP contribution >= 0.6 is 15.9 Å². The van der Waals surface area contributed by atoms with Gasteiger partial charge in [-0.2, -0.15) is 0 Å². The number of hydrogen-bond acceptors (Lipinski definition) is 2. The lowest BCUT2D eigenvalue weighted by Gasteiger charge is -2.07. The first-order valence-corrected chi connectivity index (χ1v) is 4.48. The van der Waals surface area contributed by atoms with Crippen LogP contribution in [0.3, 0.4) is 0 Å². The third-order valence-corrected chi connectivity index (χ3v) is 2.56. The molecule has 1 fully saturated rings. The number of nitrogens with zero attached hydrogens (tertiary/aromatic N) is 1. The number of nitrogens with one attached hydrogen (secondary N) is 1. The van der Waals surface area contributed by atoms with Gasteiger partial charge in [0.2, 0.25) is 0 Å². The van der Waals surface area contributed by atoms with E-state index in [1.54, 1.807) is 6.07 Å². The molecule has 1 aliphatic heterocycles. The summed E-state index contributed by atoms with van der Waals surface area (Å²) in [6.45, 7) is 2.80. The molecular weight excluding hydrogens is 223 g/mol. The summed E-state index contributed by atoms with van der Waals surface area (Å²) < 4.78 is 13.9. The second-order valence-corrected chi connectivity index (χ2v) is 3.99. The van der Waals surface area contributed by atoms with Crippen LogP contribution in [0, 0.1) is 5.82 Å². The average molecular weight is 231 g/mol. The van der Waals surface area contributed by atoms with E-state index < -0.39 is 0 Å². The van der Waals surface area contributed by atoms with E-state index in [9.17, 15) is 4.39 Å². The van der Waals surface area contributed by atoms with E-state index in [-0.39, 0.29) is 11.4 Å². The Hall–Kier alpha value is -0.480. The summed E-state index contributed by atoms with van der Waals surface area (Å²) in [6.07, 6.45) is 1.24. The molecule has 0 aromatic carbocycles. The van der Waals surface area contributed by atoms with Gasteiger partial charge in [-0.05, 0) is 28.9 Å². The molecule has 2 nitrogen and oxygen atoms in total. The molecule has 0 radical (unpaired) electrons. The highest BCUT2D eigenvalue weighted by atomic mass is 79.9. The Labute approximate surface area is 78.3 Å². The first-order valence-electron chi connectivity index (χ1n) is 3.68. The minimum atomic E-state index is -0.245. The Morgan fingerprint density at radius 3 is 3.00 bits per heavy atom. The van der Waals surface area contributed by atoms with E-state index in [2.05, 4.69) is 26.2 Å². The van der Waals surface area contributed by atoms with Gasteiger partial charge in [0.1, 0.15) is 10.4 Å². The molecule has 1 N–H and O–H groups in total. The minimum absolute atomic E-state index is 0.171. The van der Waals surface area contributed by atoms with Crippen molar-refractivity contribution in [1.82, 2.24) is 10.3 Å². The molecule has 64 valence electrons. The van der Waals surface area contributed by atoms with E-state index in [1.807, 2.05) is 6.92 Å². The summed E-state index contributed by atoms with van der Waals surface area (Å²) >= 11 is 3.21. The Kier molecular flexibility index (Phi) is 1.70. The highest BCUT2D eigenvalue weighted by Crippen LogP contribution is 2.32. The van der Waals surface area contributed by atoms with Crippen molar-refractivity contribution < 1.29 is 4.39 Å². The topological polar surface area (TPSA) is 34.8 Å². The zero-order chi connectivity index (χ0) is 8.77. The average Bonchev–Trinajstić information content (AvgIpc) is 2.75. The molecule has 1 saturated heterocycles. The maximum atomic E-state index is 13.2. The number of pyridine rings is 1. The SMILES string of the molecule is CC1(c2cc(Br)ncc2F)CN1. The maximum Gasteiger partial charge on any atom is 0.146 e. The van der Waals surface area contributed by atoms with Crippen molar-refractivity contribution in [2.75, 3.05) is 6.54 Å². The summed E-state index contributed by atoms with van der Waals surface area (Å²) in [5.41, 5.74) is 0.514. The molecule has 2 rings (SSSR count). The maximum absolute atomic E-state index is 13.2. The fourth-order valence-electron chi connectivity index (χ4n) is 1.16. The van der Waals surface area contributed by atoms with Crippen molar-refractivity contribution in [3.63, 3.8) is 0 Å². The van der Waals surface area contributed by atoms with Crippen molar-refractivity contribution in [3.8, 4) is 0 Å². The zero-order valence-corrected chi connectivity index (χ0v) is 8.15. The lowest BCUT2D eigenvalue weighted by atomic mass is 10.0. The normalized spacial score (nSPS) is 27.2. The number of aromatic nitrogens is 1. The van der Waals surface area contributed by atoms with Gasteiger partial charge in [-0.25, -0.2) is 9.37 Å². The van der Waals surface area contributed by atoms with Crippen LogP contribution in [0.1, 0.15) is 12.5 Å². The molecule has 1 unspecified atom stereocenters. The summed E-state index contributed by atoms with van der Waals surface area (Å²) in [5, 5.41) is 3.11. The molecule has 2 heterocycles. The van der Waals surface area contributed by atoms with Crippen LogP contribution in [0.25, 0.3) is 0 Å². The van der Waals surface area contributed by atoms with Gasteiger partial charge in [0, 0.05) is 12.1 Å². The fourth-order valence-corrected chi connectivity index (χ4v) is 1.49. The third-order valence-electron chi connectivity index (χ3n) is 2.12. The van der Waals surface area contributed by atoms with Crippen LogP contribution in [0.5, 0.6) is 0 Å². The molecule has 1 aliphatic rings. The molecule has 0 saturated carbocycles. The van der Waals surface area contributed by atoms with Crippen molar-refractivity contribution >= 4 is 15.9 Å². The van der Waals surface area contributed by atoms with Crippen LogP contribution in [0.2, 0.25) is 0 Å². The Balaban J connectivity index is 2.48. The van der Waals surface area contributed by atoms with Gasteiger partial charge in [-0.3, -0.25) is 0 Å². The van der Waals surface area contributed by atoms with Crippen molar-refractivity contribution in [1.29, 1.82) is 0 Å². The predicted molar refractivity (Wildman–Crippen MR) is 47.2 cm³/mol. The van der Waals surface area contributed by atoms with Gasteiger partial charge < -0.3 is 5.32 Å². The molecule has 0 bridgehead atoms. The summed E-state index contributed by atoms with van der Waals surface area (Å²) in [6, 6.07) is 1.72. The van der Waals surface area contributed by atoms with Gasteiger partial charge in [0.15, 0.2) is 0 Å². The van der Waals surface area contributed by atoms with E-state index >= 15 is 0 Å². The second-order valence-electron chi connectivity index (χ2n) is 3.17. The smallest absolute Gasteiger partial charge is 0.146 e. The van der Waals surface area contributed by atoms with Crippen LogP contribution < -0.4 is 5.32 Å². The van der Waals surface area contributed by atoms with E-state index in [4.69, 9.17) is 0 Å². The molecule has 1 atom stereocenters. The Morgan fingerprint density at radius 2 is 2.42 bits per heavy atom. The Bertz CT molecular complexity index is 323. The van der Waals surface area contributed by atoms with Crippen LogP contribution in [-0.2, 0) is 5.54 Å². The molecule has 12 heavy (non-hydrogen) atoms. The molecule has 1 aromatic heterocycles. The van der Waals surface area contributed by atoms with Gasteiger partial charge in [-0.1, -0.05) is 0 Å². The molecule has 0 amide bonds. The van der Waals surface area contributed by atoms with E-state index in [0.29, 0.717) is 10.2 Å². The number of hydrogen-bond donors (Lipinski definition) is 1. The molecule has 0 spiro atoms. The lowest BCUT2D eigenvalue weighted by Crippen LogP contribution is -2.09. The van der Waals surface area contributed by atoms with Crippen molar-refractivity contribution in [2.24, 2.45) is 0 Å². The van der Waals surface area contributed by atoms with Crippen LogP contribution in [0.4, 0.5) is 4.39 Å². The first-order chi connectivity index (χ1) is 5.62. The summed E-state index contributed by atoms with van der Waals surface area (Å²) in [4.78, 5) is 3.79. The van der Waals surface area contributed by atoms with Gasteiger partial charge in [-0.15, -0.1) is 0 Å². The molecule has 0 aliphatic carbocycles. The zero-order valence-electron chi connectivity index (χ0n) is 6.56. The lowest BCUT2D eigenvalue weighted by molar-refractivity contribution is 0.575. The largest absolute Gasteiger partial charge is 0.304 e. The molecular formula is C8H8BrFN2. The monoisotopic (exact) mass is 230 g/mol. The van der Waals surface area contributed by atoms with Gasteiger partial charge in [0.05, 0.1) is 11.7 Å². The standard InChI is InChI=1S/C8H8BrFN2/c1-8(4-12-8)5-2-7(9)11-3-6(5)10/h2-3,12H,4H2,1H3. The molecule has 1 aromatic rings. The second kappa shape index (κ2) is 2.50. The van der Waals surface area contributed by atoms with E-state index in [0.717, 1.165) is 6.54 Å². The predicted octanol–water partition coefficient (Wildman–Crippen LogP) is 1.80. The fraction of sp³-hybridized carbons (Fsp3) is 0.375. The van der Waals surface area contributed by atoms with Crippen LogP contribution in [-0.4, -0.2) is 11.5 Å². The van der Waals surface area contributed by atoms with Crippen LogP contribution in [0.15, 0.2) is 16.9 Å². The number of rotatable bonds is 1. The van der Waals surface area contributed by atoms with Crippen molar-refractivity contribution in [3.05, 3.63) is 28.2 Å². The number of halogens is 2. The quantitative estimate of drug-likeness (QED) is 0.590. The minimum Gasteiger partial charge on any atom is -0.304 e. The summed E-state index contributed by atoms with van der Waals surface area (Å²) in [7, 11) is 0.